The average Bonchev–Trinajstić information content (AvgIpc) is 2.00. The molecule has 0 bridgehead atoms. The van der Waals surface area contributed by atoms with E-state index in [0.717, 1.165) is 0 Å². The molecule has 6 heteroatoms. The average molecular weight is 216 g/mol. The number of nitrogens with two attached hydrogens (primary N) is 1. The zero-order valence-electron chi connectivity index (χ0n) is 8.91. The van der Waals surface area contributed by atoms with Crippen LogP contribution in [0.15, 0.2) is 0 Å². The van der Waals surface area contributed by atoms with Gasteiger partial charge in [-0.25, -0.2) is 0 Å². The first kappa shape index (κ1) is 13.4. The first-order chi connectivity index (χ1) is 6.91. The minimum atomic E-state index is -0.876. The predicted molar refractivity (Wildman–Crippen MR) is 53.1 cm³/mol. The van der Waals surface area contributed by atoms with E-state index in [1.807, 2.05) is 0 Å². The van der Waals surface area contributed by atoms with Crippen LogP contribution in [0.3, 0.4) is 0 Å². The summed E-state index contributed by atoms with van der Waals surface area (Å²) in [5, 5.41) is 6.98. The summed E-state index contributed by atoms with van der Waals surface area (Å²) in [5.74, 6) is -0.965. The van der Waals surface area contributed by atoms with Crippen LogP contribution in [0.1, 0.15) is 33.1 Å². The van der Waals surface area contributed by atoms with Crippen molar-refractivity contribution in [2.75, 3.05) is 0 Å². The molecule has 0 saturated heterocycles. The maximum atomic E-state index is 10.7. The van der Waals surface area contributed by atoms with Gasteiger partial charge in [-0.2, -0.15) is 0 Å². The molecule has 86 valence electrons. The molecule has 0 atom stereocenters. The van der Waals surface area contributed by atoms with Crippen LogP contribution in [0.2, 0.25) is 0 Å². The number of rotatable bonds is 6. The van der Waals surface area contributed by atoms with Gasteiger partial charge in [0.05, 0.1) is 5.84 Å². The van der Waals surface area contributed by atoms with Crippen molar-refractivity contribution < 1.29 is 19.1 Å². The summed E-state index contributed by atoms with van der Waals surface area (Å²) >= 11 is 0. The largest absolute Gasteiger partial charge is 0.425 e. The van der Waals surface area contributed by atoms with Gasteiger partial charge >= 0.3 is 11.9 Å². The summed E-state index contributed by atoms with van der Waals surface area (Å²) in [7, 11) is 0. The first-order valence-electron chi connectivity index (χ1n) is 4.59. The fourth-order valence-corrected chi connectivity index (χ4v) is 0.971. The van der Waals surface area contributed by atoms with Gasteiger partial charge in [-0.1, -0.05) is 0 Å². The highest BCUT2D eigenvalue weighted by atomic mass is 16.7. The van der Waals surface area contributed by atoms with E-state index < -0.39 is 18.2 Å². The van der Waals surface area contributed by atoms with Gasteiger partial charge in [-0.3, -0.25) is 15.0 Å². The Hall–Kier alpha value is -1.59. The van der Waals surface area contributed by atoms with E-state index in [-0.39, 0.29) is 5.84 Å². The summed E-state index contributed by atoms with van der Waals surface area (Å²) in [4.78, 5) is 21.3. The second-order valence-electron chi connectivity index (χ2n) is 3.07. The third-order valence-corrected chi connectivity index (χ3v) is 1.48. The standard InChI is InChI=1S/C9H16N2O4/c1-6(12)14-9(15-7(2)13)5-3-4-8(10)11/h9H,3-5H2,1-2H3,(H3,10,11). The third-order valence-electron chi connectivity index (χ3n) is 1.48. The van der Waals surface area contributed by atoms with Crippen molar-refractivity contribution in [2.24, 2.45) is 5.73 Å². The van der Waals surface area contributed by atoms with Gasteiger partial charge in [0.15, 0.2) is 0 Å². The van der Waals surface area contributed by atoms with E-state index in [9.17, 15) is 9.59 Å². The lowest BCUT2D eigenvalue weighted by atomic mass is 10.2. The highest BCUT2D eigenvalue weighted by Gasteiger charge is 2.14. The van der Waals surface area contributed by atoms with Gasteiger partial charge in [0.25, 0.3) is 0 Å². The van der Waals surface area contributed by atoms with E-state index in [4.69, 9.17) is 20.6 Å². The van der Waals surface area contributed by atoms with Crippen LogP contribution in [0.4, 0.5) is 0 Å². The summed E-state index contributed by atoms with van der Waals surface area (Å²) in [6.45, 7) is 2.48. The molecule has 0 rings (SSSR count). The molecule has 0 aromatic rings. The molecule has 0 aliphatic rings. The molecule has 3 N–H and O–H groups in total. The van der Waals surface area contributed by atoms with Crippen molar-refractivity contribution in [1.29, 1.82) is 5.41 Å². The van der Waals surface area contributed by atoms with Crippen LogP contribution < -0.4 is 5.73 Å². The molecule has 6 nitrogen and oxygen atoms in total. The fraction of sp³-hybridized carbons (Fsp3) is 0.667. The Morgan fingerprint density at radius 3 is 2.07 bits per heavy atom. The summed E-state index contributed by atoms with van der Waals surface area (Å²) in [6.07, 6.45) is 0.387. The zero-order valence-corrected chi connectivity index (χ0v) is 8.91. The molecular weight excluding hydrogens is 200 g/mol. The van der Waals surface area contributed by atoms with Gasteiger partial charge in [0.2, 0.25) is 6.29 Å². The second-order valence-corrected chi connectivity index (χ2v) is 3.07. The van der Waals surface area contributed by atoms with E-state index in [0.29, 0.717) is 19.3 Å². The van der Waals surface area contributed by atoms with E-state index in [2.05, 4.69) is 0 Å². The van der Waals surface area contributed by atoms with E-state index in [1.54, 1.807) is 0 Å². The maximum Gasteiger partial charge on any atom is 0.305 e. The normalized spacial score (nSPS) is 9.80. The quantitative estimate of drug-likeness (QED) is 0.292. The lowest BCUT2D eigenvalue weighted by Crippen LogP contribution is -2.23. The van der Waals surface area contributed by atoms with Gasteiger partial charge in [0.1, 0.15) is 0 Å². The van der Waals surface area contributed by atoms with Crippen molar-refractivity contribution in [3.8, 4) is 0 Å². The molecule has 0 heterocycles. The smallest absolute Gasteiger partial charge is 0.305 e. The number of hydrogen-bond acceptors (Lipinski definition) is 5. The Bertz CT molecular complexity index is 236. The number of esters is 2. The fourth-order valence-electron chi connectivity index (χ4n) is 0.971. The minimum Gasteiger partial charge on any atom is -0.425 e. The highest BCUT2D eigenvalue weighted by molar-refractivity contribution is 5.76. The van der Waals surface area contributed by atoms with Crippen LogP contribution in [0.5, 0.6) is 0 Å². The summed E-state index contributed by atoms with van der Waals surface area (Å²) < 4.78 is 9.50. The van der Waals surface area contributed by atoms with Crippen LogP contribution in [0.25, 0.3) is 0 Å². The van der Waals surface area contributed by atoms with Crippen molar-refractivity contribution in [3.63, 3.8) is 0 Å². The molecule has 0 radical (unpaired) electrons. The van der Waals surface area contributed by atoms with Gasteiger partial charge in [-0.15, -0.1) is 0 Å². The number of nitrogens with one attached hydrogen (secondary N) is 1. The molecule has 0 spiro atoms. The van der Waals surface area contributed by atoms with Crippen LogP contribution >= 0.6 is 0 Å². The summed E-state index contributed by atoms with van der Waals surface area (Å²) in [5.41, 5.74) is 5.15. The molecular formula is C9H16N2O4. The van der Waals surface area contributed by atoms with Crippen LogP contribution in [0, 0.1) is 5.41 Å². The van der Waals surface area contributed by atoms with Crippen molar-refractivity contribution in [1.82, 2.24) is 0 Å². The number of amidine groups is 1. The SMILES string of the molecule is CC(=O)OC(CCCC(=N)N)OC(C)=O. The molecule has 0 aliphatic carbocycles. The molecule has 0 unspecified atom stereocenters. The third kappa shape index (κ3) is 8.73. The van der Waals surface area contributed by atoms with Crippen molar-refractivity contribution in [2.45, 2.75) is 39.4 Å². The number of carbonyl (C=O) groups is 2. The molecule has 15 heavy (non-hydrogen) atoms. The Morgan fingerprint density at radius 1 is 1.27 bits per heavy atom. The highest BCUT2D eigenvalue weighted by Crippen LogP contribution is 2.07. The lowest BCUT2D eigenvalue weighted by Gasteiger charge is -2.16. The first-order valence-corrected chi connectivity index (χ1v) is 4.59. The van der Waals surface area contributed by atoms with Crippen molar-refractivity contribution in [3.05, 3.63) is 0 Å². The number of hydrogen-bond donors (Lipinski definition) is 2. The van der Waals surface area contributed by atoms with Crippen LogP contribution in [-0.4, -0.2) is 24.1 Å². The zero-order chi connectivity index (χ0) is 11.8. The van der Waals surface area contributed by atoms with Gasteiger partial charge in [0, 0.05) is 26.7 Å². The topological polar surface area (TPSA) is 102 Å². The molecule has 0 aromatic carbocycles. The summed E-state index contributed by atoms with van der Waals surface area (Å²) in [6, 6.07) is 0. The van der Waals surface area contributed by atoms with Crippen LogP contribution in [-0.2, 0) is 19.1 Å². The predicted octanol–water partition coefficient (Wildman–Crippen LogP) is 0.545. The minimum absolute atomic E-state index is 0.0550. The Labute approximate surface area is 88.2 Å². The van der Waals surface area contributed by atoms with Crippen molar-refractivity contribution >= 4 is 17.8 Å². The van der Waals surface area contributed by atoms with E-state index >= 15 is 0 Å². The molecule has 0 aliphatic heterocycles. The molecule has 0 amide bonds. The van der Waals surface area contributed by atoms with Gasteiger partial charge < -0.3 is 15.2 Å². The maximum absolute atomic E-state index is 10.7. The second kappa shape index (κ2) is 6.80. The van der Waals surface area contributed by atoms with Gasteiger partial charge in [-0.05, 0) is 6.42 Å². The monoisotopic (exact) mass is 216 g/mol. The molecule has 0 saturated carbocycles. The number of carbonyl (C=O) groups excluding carboxylic acids is 2. The van der Waals surface area contributed by atoms with E-state index in [1.165, 1.54) is 13.8 Å². The Balaban J connectivity index is 3.94. The molecule has 0 aromatic heterocycles. The number of ether oxygens (including phenoxy) is 2. The molecule has 0 fully saturated rings. The Morgan fingerprint density at radius 2 is 1.73 bits per heavy atom. The lowest BCUT2D eigenvalue weighted by molar-refractivity contribution is -0.185. The Kier molecular flexibility index (Phi) is 6.08.